The molecule has 1 aromatic heterocycles. The zero-order valence-corrected chi connectivity index (χ0v) is 18.1. The number of hydrogen-bond acceptors (Lipinski definition) is 7. The molecule has 0 atom stereocenters. The first-order valence-corrected chi connectivity index (χ1v) is 11.3. The van der Waals surface area contributed by atoms with Crippen molar-refractivity contribution in [3.8, 4) is 5.75 Å². The Balaban J connectivity index is 1.66. The summed E-state index contributed by atoms with van der Waals surface area (Å²) in [6, 6.07) is 10.8. The summed E-state index contributed by atoms with van der Waals surface area (Å²) < 4.78 is 31.8. The molecule has 0 fully saturated rings. The third-order valence-corrected chi connectivity index (χ3v) is 7.32. The van der Waals surface area contributed by atoms with Gasteiger partial charge in [-0.1, -0.05) is 29.3 Å². The highest BCUT2D eigenvalue weighted by atomic mass is 35.5. The Hall–Kier alpha value is -2.59. The SMILES string of the molecule is O=C(COC(=O)c1ccc(NS(=O)(=O)c2cccs2)cc1O)c1ccc(Cl)c(Cl)c1. The van der Waals surface area contributed by atoms with E-state index >= 15 is 0 Å². The molecule has 2 N–H and O–H groups in total. The van der Waals surface area contributed by atoms with E-state index in [2.05, 4.69) is 4.72 Å². The van der Waals surface area contributed by atoms with E-state index in [1.165, 1.54) is 36.4 Å². The van der Waals surface area contributed by atoms with Gasteiger partial charge in [0, 0.05) is 11.6 Å². The van der Waals surface area contributed by atoms with Gasteiger partial charge < -0.3 is 9.84 Å². The summed E-state index contributed by atoms with van der Waals surface area (Å²) in [5, 5.41) is 12.2. The lowest BCUT2D eigenvalue weighted by molar-refractivity contribution is 0.0472. The summed E-state index contributed by atoms with van der Waals surface area (Å²) >= 11 is 12.7. The van der Waals surface area contributed by atoms with E-state index in [1.807, 2.05) is 0 Å². The number of thiophene rings is 1. The molecule has 0 aliphatic carbocycles. The minimum absolute atomic E-state index is 0.0596. The Morgan fingerprint density at radius 2 is 1.83 bits per heavy atom. The van der Waals surface area contributed by atoms with Crippen molar-refractivity contribution >= 4 is 62.0 Å². The number of carbonyl (C=O) groups is 2. The van der Waals surface area contributed by atoms with E-state index in [4.69, 9.17) is 27.9 Å². The van der Waals surface area contributed by atoms with Crippen molar-refractivity contribution < 1.29 is 27.9 Å². The number of ketones is 1. The molecule has 3 rings (SSSR count). The molecule has 7 nitrogen and oxygen atoms in total. The van der Waals surface area contributed by atoms with Crippen LogP contribution in [0.15, 0.2) is 58.1 Å². The smallest absolute Gasteiger partial charge is 0.342 e. The van der Waals surface area contributed by atoms with Gasteiger partial charge in [-0.25, -0.2) is 13.2 Å². The highest BCUT2D eigenvalue weighted by Gasteiger charge is 2.19. The lowest BCUT2D eigenvalue weighted by Gasteiger charge is -2.10. The average molecular weight is 486 g/mol. The highest BCUT2D eigenvalue weighted by Crippen LogP contribution is 2.26. The molecule has 30 heavy (non-hydrogen) atoms. The normalized spacial score (nSPS) is 11.1. The summed E-state index contributed by atoms with van der Waals surface area (Å²) in [5.41, 5.74) is 0.0418. The number of anilines is 1. The van der Waals surface area contributed by atoms with Crippen molar-refractivity contribution in [3.63, 3.8) is 0 Å². The standard InChI is InChI=1S/C19H13Cl2NO6S2/c20-14-6-3-11(8-15(14)21)17(24)10-28-19(25)13-5-4-12(9-16(13)23)22-30(26,27)18-2-1-7-29-18/h1-9,22-23H,10H2. The number of ether oxygens (including phenoxy) is 1. The molecule has 0 aliphatic heterocycles. The predicted molar refractivity (Wildman–Crippen MR) is 114 cm³/mol. The Labute approximate surface area is 185 Å². The third-order valence-electron chi connectivity index (χ3n) is 3.81. The molecule has 3 aromatic rings. The van der Waals surface area contributed by atoms with Gasteiger partial charge in [0.2, 0.25) is 0 Å². The van der Waals surface area contributed by atoms with Crippen LogP contribution in [0.1, 0.15) is 20.7 Å². The fourth-order valence-electron chi connectivity index (χ4n) is 2.35. The molecule has 1 heterocycles. The maximum Gasteiger partial charge on any atom is 0.342 e. The number of rotatable bonds is 7. The lowest BCUT2D eigenvalue weighted by atomic mass is 10.1. The van der Waals surface area contributed by atoms with Gasteiger partial charge >= 0.3 is 5.97 Å². The number of aromatic hydroxyl groups is 1. The van der Waals surface area contributed by atoms with Crippen molar-refractivity contribution in [2.75, 3.05) is 11.3 Å². The van der Waals surface area contributed by atoms with Crippen LogP contribution in [0.4, 0.5) is 5.69 Å². The summed E-state index contributed by atoms with van der Waals surface area (Å²) in [6.45, 7) is -0.580. The van der Waals surface area contributed by atoms with Crippen molar-refractivity contribution in [3.05, 3.63) is 75.1 Å². The van der Waals surface area contributed by atoms with Crippen molar-refractivity contribution in [2.45, 2.75) is 4.21 Å². The maximum atomic E-state index is 12.2. The van der Waals surface area contributed by atoms with Crippen LogP contribution in [-0.2, 0) is 14.8 Å². The van der Waals surface area contributed by atoms with Gasteiger partial charge in [-0.05, 0) is 41.8 Å². The van der Waals surface area contributed by atoms with Gasteiger partial charge in [-0.3, -0.25) is 9.52 Å². The van der Waals surface area contributed by atoms with Gasteiger partial charge in [0.15, 0.2) is 12.4 Å². The highest BCUT2D eigenvalue weighted by molar-refractivity contribution is 7.94. The van der Waals surface area contributed by atoms with E-state index in [-0.39, 0.29) is 31.1 Å². The van der Waals surface area contributed by atoms with Crippen LogP contribution in [0.5, 0.6) is 5.75 Å². The van der Waals surface area contributed by atoms with E-state index in [9.17, 15) is 23.1 Å². The van der Waals surface area contributed by atoms with Crippen molar-refractivity contribution in [1.29, 1.82) is 0 Å². The van der Waals surface area contributed by atoms with E-state index in [1.54, 1.807) is 11.4 Å². The maximum absolute atomic E-state index is 12.2. The number of phenols is 1. The van der Waals surface area contributed by atoms with Gasteiger partial charge in [-0.15, -0.1) is 11.3 Å². The fraction of sp³-hybridized carbons (Fsp3) is 0.0526. The monoisotopic (exact) mass is 485 g/mol. The molecule has 11 heteroatoms. The Kier molecular flexibility index (Phi) is 6.67. The second-order valence-electron chi connectivity index (χ2n) is 5.90. The zero-order chi connectivity index (χ0) is 21.9. The van der Waals surface area contributed by atoms with Crippen molar-refractivity contribution in [1.82, 2.24) is 0 Å². The van der Waals surface area contributed by atoms with Crippen LogP contribution in [-0.4, -0.2) is 31.9 Å². The molecule has 0 aliphatic rings. The van der Waals surface area contributed by atoms with Gasteiger partial charge in [0.05, 0.1) is 15.7 Å². The topological polar surface area (TPSA) is 110 Å². The van der Waals surface area contributed by atoms with Crippen LogP contribution in [0.3, 0.4) is 0 Å². The van der Waals surface area contributed by atoms with E-state index in [0.29, 0.717) is 0 Å². The molecule has 156 valence electrons. The summed E-state index contributed by atoms with van der Waals surface area (Å²) in [4.78, 5) is 24.3. The second kappa shape index (κ2) is 9.05. The van der Waals surface area contributed by atoms with Crippen LogP contribution >= 0.6 is 34.5 Å². The first-order valence-electron chi connectivity index (χ1n) is 8.22. The number of esters is 1. The Morgan fingerprint density at radius 1 is 1.07 bits per heavy atom. The number of sulfonamides is 1. The Morgan fingerprint density at radius 3 is 2.47 bits per heavy atom. The molecule has 0 spiro atoms. The van der Waals surface area contributed by atoms with Gasteiger partial charge in [-0.2, -0.15) is 0 Å². The summed E-state index contributed by atoms with van der Waals surface area (Å²) in [7, 11) is -3.80. The molecule has 0 unspecified atom stereocenters. The molecule has 0 saturated carbocycles. The number of nitrogens with one attached hydrogen (secondary N) is 1. The molecule has 0 radical (unpaired) electrons. The number of halogens is 2. The lowest BCUT2D eigenvalue weighted by Crippen LogP contribution is -2.15. The number of hydrogen-bond donors (Lipinski definition) is 2. The molecule has 2 aromatic carbocycles. The Bertz CT molecular complexity index is 1210. The largest absolute Gasteiger partial charge is 0.507 e. The number of phenolic OH excluding ortho intramolecular Hbond substituents is 1. The van der Waals surface area contributed by atoms with E-state index < -0.39 is 34.1 Å². The van der Waals surface area contributed by atoms with Crippen LogP contribution in [0.2, 0.25) is 10.0 Å². The zero-order valence-electron chi connectivity index (χ0n) is 15.0. The van der Waals surface area contributed by atoms with Crippen molar-refractivity contribution in [2.24, 2.45) is 0 Å². The van der Waals surface area contributed by atoms with Crippen LogP contribution < -0.4 is 4.72 Å². The molecule has 0 bridgehead atoms. The van der Waals surface area contributed by atoms with Gasteiger partial charge in [0.25, 0.3) is 10.0 Å². The average Bonchev–Trinajstić information content (AvgIpc) is 3.23. The minimum atomic E-state index is -3.80. The van der Waals surface area contributed by atoms with Crippen LogP contribution in [0.25, 0.3) is 0 Å². The number of benzene rings is 2. The summed E-state index contributed by atoms with van der Waals surface area (Å²) in [6.07, 6.45) is 0. The minimum Gasteiger partial charge on any atom is -0.507 e. The molecular formula is C19H13Cl2NO6S2. The molecule has 0 saturated heterocycles. The number of Topliss-reactive ketones (excluding diaryl/α,β-unsaturated/α-hetero) is 1. The molecule has 0 amide bonds. The number of carbonyl (C=O) groups excluding carboxylic acids is 2. The first-order chi connectivity index (χ1) is 14.2. The molecular weight excluding hydrogens is 473 g/mol. The predicted octanol–water partition coefficient (Wildman–Crippen LogP) is 4.60. The van der Waals surface area contributed by atoms with Crippen LogP contribution in [0, 0.1) is 0 Å². The fourth-order valence-corrected chi connectivity index (χ4v) is 4.69. The first kappa shape index (κ1) is 22.1. The van der Waals surface area contributed by atoms with E-state index in [0.717, 1.165) is 17.4 Å². The van der Waals surface area contributed by atoms with Gasteiger partial charge in [0.1, 0.15) is 15.5 Å². The third kappa shape index (κ3) is 5.11. The second-order valence-corrected chi connectivity index (χ2v) is 9.57. The quantitative estimate of drug-likeness (QED) is 0.373. The summed E-state index contributed by atoms with van der Waals surface area (Å²) in [5.74, 6) is -1.97.